The van der Waals surface area contributed by atoms with Crippen LogP contribution in [0.5, 0.6) is 0 Å². The largest absolute Gasteiger partial charge is 0.457 e. The predicted molar refractivity (Wildman–Crippen MR) is 138 cm³/mol. The summed E-state index contributed by atoms with van der Waals surface area (Å²) in [6.45, 7) is 5.35. The van der Waals surface area contributed by atoms with Crippen molar-refractivity contribution in [3.05, 3.63) is 23.8 Å². The minimum atomic E-state index is -1.53. The maximum absolute atomic E-state index is 13.8. The molecule has 4 aliphatic carbocycles. The summed E-state index contributed by atoms with van der Waals surface area (Å²) in [6, 6.07) is 0. The fourth-order valence-corrected chi connectivity index (χ4v) is 8.50. The van der Waals surface area contributed by atoms with Crippen molar-refractivity contribution in [2.75, 3.05) is 32.3 Å². The van der Waals surface area contributed by atoms with Crippen LogP contribution >= 0.6 is 11.8 Å². The molecule has 0 amide bonds. The zero-order valence-electron chi connectivity index (χ0n) is 22.3. The van der Waals surface area contributed by atoms with E-state index in [1.165, 1.54) is 18.9 Å². The molecule has 0 aromatic rings. The second-order valence-electron chi connectivity index (χ2n) is 11.5. The highest BCUT2D eigenvalue weighted by atomic mass is 32.2. The van der Waals surface area contributed by atoms with E-state index in [9.17, 15) is 24.3 Å². The maximum atomic E-state index is 13.8. The van der Waals surface area contributed by atoms with Crippen molar-refractivity contribution in [2.24, 2.45) is 34.5 Å². The molecule has 8 nitrogen and oxygen atoms in total. The summed E-state index contributed by atoms with van der Waals surface area (Å²) >= 11 is 1.30. The van der Waals surface area contributed by atoms with Crippen molar-refractivity contribution >= 4 is 35.3 Å². The Kier molecular flexibility index (Phi) is 7.81. The monoisotopic (exact) mass is 534 g/mol. The molecular weight excluding hydrogens is 496 g/mol. The quantitative estimate of drug-likeness (QED) is 0.469. The number of aliphatic hydroxyl groups excluding tert-OH is 1. The molecule has 2 unspecified atom stereocenters. The second kappa shape index (κ2) is 10.3. The first-order chi connectivity index (χ1) is 17.4. The Morgan fingerprint density at radius 3 is 2.59 bits per heavy atom. The van der Waals surface area contributed by atoms with Gasteiger partial charge >= 0.3 is 11.9 Å². The van der Waals surface area contributed by atoms with Crippen LogP contribution in [0.4, 0.5) is 0 Å². The van der Waals surface area contributed by atoms with Crippen molar-refractivity contribution in [3.8, 4) is 0 Å². The molecule has 0 saturated heterocycles. The number of carbonyl (C=O) groups is 4. The van der Waals surface area contributed by atoms with E-state index in [0.29, 0.717) is 12.8 Å². The van der Waals surface area contributed by atoms with Crippen LogP contribution in [-0.4, -0.2) is 72.6 Å². The van der Waals surface area contributed by atoms with Crippen LogP contribution in [0.3, 0.4) is 0 Å². The Morgan fingerprint density at radius 1 is 1.19 bits per heavy atom. The third-order valence-corrected chi connectivity index (χ3v) is 10.1. The molecule has 204 valence electrons. The number of methoxy groups -OCH3 is 1. The Bertz CT molecular complexity index is 1040. The van der Waals surface area contributed by atoms with E-state index < -0.39 is 46.9 Å². The van der Waals surface area contributed by atoms with E-state index in [0.717, 1.165) is 12.0 Å². The summed E-state index contributed by atoms with van der Waals surface area (Å²) in [5.41, 5.74) is -1.80. The molecule has 1 N–H and O–H groups in total. The van der Waals surface area contributed by atoms with E-state index in [1.807, 2.05) is 13.0 Å². The van der Waals surface area contributed by atoms with Gasteiger partial charge in [0.1, 0.15) is 6.61 Å². The first kappa shape index (κ1) is 28.0. The van der Waals surface area contributed by atoms with E-state index in [-0.39, 0.29) is 48.2 Å². The lowest BCUT2D eigenvalue weighted by molar-refractivity contribution is -0.203. The average molecular weight is 535 g/mol. The van der Waals surface area contributed by atoms with Gasteiger partial charge in [0, 0.05) is 23.9 Å². The summed E-state index contributed by atoms with van der Waals surface area (Å²) in [6.07, 6.45) is 8.20. The number of carbonyl (C=O) groups excluding carboxylic acids is 4. The van der Waals surface area contributed by atoms with Crippen LogP contribution in [0.2, 0.25) is 0 Å². The van der Waals surface area contributed by atoms with Crippen molar-refractivity contribution < 1.29 is 38.5 Å². The molecule has 0 bridgehead atoms. The van der Waals surface area contributed by atoms with Crippen LogP contribution in [0, 0.1) is 34.5 Å². The predicted octanol–water partition coefficient (Wildman–Crippen LogP) is 2.91. The molecule has 9 heteroatoms. The van der Waals surface area contributed by atoms with Crippen molar-refractivity contribution in [1.82, 2.24) is 0 Å². The van der Waals surface area contributed by atoms with Gasteiger partial charge in [-0.25, -0.2) is 4.79 Å². The van der Waals surface area contributed by atoms with Gasteiger partial charge in [-0.05, 0) is 61.8 Å². The number of hydrogen-bond donors (Lipinski definition) is 1. The number of thioether (sulfide) groups is 1. The van der Waals surface area contributed by atoms with Crippen LogP contribution in [-0.2, 0) is 33.4 Å². The van der Waals surface area contributed by atoms with Crippen LogP contribution in [0.1, 0.15) is 46.5 Å². The standard InChI is InChI=1S/C28H38O8S/c1-16-10-18-19-7-9-28(36-23(32)14-34-4,22(31)13-35-24(33)15-37-5)27(19,3)12-21(30)25(18)26(2)8-6-17(29)11-20(16)26/h6,8,11,16,18-19,21,25,30H,7,9-10,12-15H2,1-5H3/t16?,18-,19-,21?,25+,26-,27-,28-/m0/s1. The number of fused-ring (bicyclic) bond motifs is 5. The summed E-state index contributed by atoms with van der Waals surface area (Å²) < 4.78 is 16.2. The molecule has 0 aliphatic heterocycles. The number of rotatable bonds is 8. The molecule has 8 atom stereocenters. The molecule has 0 radical (unpaired) electrons. The second-order valence-corrected chi connectivity index (χ2v) is 12.4. The first-order valence-corrected chi connectivity index (χ1v) is 14.3. The Labute approximate surface area is 222 Å². The number of aliphatic hydroxyl groups is 1. The highest BCUT2D eigenvalue weighted by molar-refractivity contribution is 7.99. The van der Waals surface area contributed by atoms with Gasteiger partial charge in [0.2, 0.25) is 5.78 Å². The van der Waals surface area contributed by atoms with Crippen LogP contribution in [0.25, 0.3) is 0 Å². The summed E-state index contributed by atoms with van der Waals surface area (Å²) in [4.78, 5) is 50.7. The number of ketones is 2. The third-order valence-electron chi connectivity index (χ3n) is 9.56. The lowest BCUT2D eigenvalue weighted by Gasteiger charge is -2.61. The lowest BCUT2D eigenvalue weighted by Crippen LogP contribution is -2.63. The molecular formula is C28H38O8S. The number of hydrogen-bond acceptors (Lipinski definition) is 9. The maximum Gasteiger partial charge on any atom is 0.333 e. The van der Waals surface area contributed by atoms with Gasteiger partial charge in [-0.2, -0.15) is 11.8 Å². The fraction of sp³-hybridized carbons (Fsp3) is 0.714. The third kappa shape index (κ3) is 4.51. The summed E-state index contributed by atoms with van der Waals surface area (Å²) in [5.74, 6) is -1.48. The highest BCUT2D eigenvalue weighted by Gasteiger charge is 2.70. The fourth-order valence-electron chi connectivity index (χ4n) is 8.18. The molecule has 3 saturated carbocycles. The van der Waals surface area contributed by atoms with Gasteiger partial charge in [0.05, 0.1) is 11.9 Å². The smallest absolute Gasteiger partial charge is 0.333 e. The Balaban J connectivity index is 1.71. The number of Topliss-reactive ketones (excluding diaryl/α,β-unsaturated/α-hetero) is 1. The van der Waals surface area contributed by atoms with E-state index in [1.54, 1.807) is 18.4 Å². The van der Waals surface area contributed by atoms with Gasteiger partial charge in [-0.15, -0.1) is 0 Å². The molecule has 0 heterocycles. The highest BCUT2D eigenvalue weighted by Crippen LogP contribution is 2.68. The first-order valence-electron chi connectivity index (χ1n) is 13.0. The molecule has 0 spiro atoms. The SMILES string of the molecule is COCC(=O)O[C@]1(C(=O)COC(=O)CSC)CC[C@H]2[C@@H]3CC(C)C4=CC(=O)C=C[C@]4(C)[C@H]3C(O)C[C@@]21C. The number of allylic oxidation sites excluding steroid dienone is 4. The molecule has 4 aliphatic rings. The Hall–Kier alpha value is -1.97. The van der Waals surface area contributed by atoms with E-state index >= 15 is 0 Å². The van der Waals surface area contributed by atoms with Crippen LogP contribution < -0.4 is 0 Å². The molecule has 3 fully saturated rings. The van der Waals surface area contributed by atoms with Gasteiger partial charge in [0.25, 0.3) is 0 Å². The lowest BCUT2D eigenvalue weighted by atomic mass is 9.44. The topological polar surface area (TPSA) is 116 Å². The minimum absolute atomic E-state index is 0.00560. The van der Waals surface area contributed by atoms with Gasteiger partial charge in [0.15, 0.2) is 18.0 Å². The number of ether oxygens (including phenoxy) is 3. The van der Waals surface area contributed by atoms with Crippen molar-refractivity contribution in [2.45, 2.75) is 58.2 Å². The van der Waals surface area contributed by atoms with Gasteiger partial charge < -0.3 is 19.3 Å². The van der Waals surface area contributed by atoms with Crippen LogP contribution in [0.15, 0.2) is 23.8 Å². The van der Waals surface area contributed by atoms with Gasteiger partial charge in [-0.1, -0.05) is 32.4 Å². The minimum Gasteiger partial charge on any atom is -0.457 e. The van der Waals surface area contributed by atoms with Crippen molar-refractivity contribution in [1.29, 1.82) is 0 Å². The van der Waals surface area contributed by atoms with E-state index in [4.69, 9.17) is 14.2 Å². The van der Waals surface area contributed by atoms with Gasteiger partial charge in [-0.3, -0.25) is 14.4 Å². The molecule has 0 aromatic carbocycles. The van der Waals surface area contributed by atoms with Crippen molar-refractivity contribution in [3.63, 3.8) is 0 Å². The normalized spacial score (nSPS) is 40.2. The average Bonchev–Trinajstić information content (AvgIpc) is 3.11. The molecule has 4 rings (SSSR count). The zero-order valence-corrected chi connectivity index (χ0v) is 23.1. The zero-order chi connectivity index (χ0) is 27.2. The summed E-state index contributed by atoms with van der Waals surface area (Å²) in [7, 11) is 1.38. The number of esters is 2. The summed E-state index contributed by atoms with van der Waals surface area (Å²) in [5, 5.41) is 11.7. The molecule has 0 aromatic heterocycles. The van der Waals surface area contributed by atoms with E-state index in [2.05, 4.69) is 13.8 Å². The molecule has 37 heavy (non-hydrogen) atoms. The Morgan fingerprint density at radius 2 is 1.92 bits per heavy atom.